The van der Waals surface area contributed by atoms with Crippen LogP contribution in [0.3, 0.4) is 0 Å². The van der Waals surface area contributed by atoms with Gasteiger partial charge in [0.1, 0.15) is 11.5 Å². The smallest absolute Gasteiger partial charge is 0.338 e. The van der Waals surface area contributed by atoms with Crippen molar-refractivity contribution >= 4 is 35.0 Å². The average molecular weight is 433 g/mol. The average Bonchev–Trinajstić information content (AvgIpc) is 3.35. The molecule has 1 aliphatic rings. The van der Waals surface area contributed by atoms with Gasteiger partial charge in [0.25, 0.3) is 11.1 Å². The van der Waals surface area contributed by atoms with Gasteiger partial charge in [-0.1, -0.05) is 48.0 Å². The van der Waals surface area contributed by atoms with Crippen molar-refractivity contribution in [3.05, 3.63) is 88.0 Å². The van der Waals surface area contributed by atoms with Gasteiger partial charge in [0, 0.05) is 11.6 Å². The number of aryl methyl sites for hydroxylation is 1. The van der Waals surface area contributed by atoms with Crippen LogP contribution in [0.25, 0.3) is 17.4 Å². The topological polar surface area (TPSA) is 76.8 Å². The van der Waals surface area contributed by atoms with Gasteiger partial charge < -0.3 is 9.15 Å². The third kappa shape index (κ3) is 4.32. The largest absolute Gasteiger partial charge is 0.465 e. The van der Waals surface area contributed by atoms with Crippen LogP contribution in [0.1, 0.15) is 27.2 Å². The van der Waals surface area contributed by atoms with Gasteiger partial charge in [-0.05, 0) is 42.4 Å². The molecule has 7 heteroatoms. The Morgan fingerprint density at radius 3 is 2.55 bits per heavy atom. The molecule has 0 radical (unpaired) electrons. The van der Waals surface area contributed by atoms with Crippen LogP contribution >= 0.6 is 11.8 Å². The van der Waals surface area contributed by atoms with E-state index in [9.17, 15) is 14.4 Å². The Morgan fingerprint density at radius 1 is 1.06 bits per heavy atom. The number of amides is 2. The summed E-state index contributed by atoms with van der Waals surface area (Å²) < 4.78 is 10.7. The highest BCUT2D eigenvalue weighted by atomic mass is 32.2. The Hall–Kier alpha value is -3.58. The molecule has 1 aliphatic heterocycles. The highest BCUT2D eigenvalue weighted by Gasteiger charge is 2.35. The zero-order valence-electron chi connectivity index (χ0n) is 17.0. The molecule has 1 fully saturated rings. The minimum atomic E-state index is -0.467. The first-order valence-corrected chi connectivity index (χ1v) is 10.4. The fraction of sp³-hybridized carbons (Fsp3) is 0.125. The molecule has 0 unspecified atom stereocenters. The van der Waals surface area contributed by atoms with E-state index in [0.29, 0.717) is 27.6 Å². The molecular formula is C24H19NO5S. The van der Waals surface area contributed by atoms with Crippen LogP contribution < -0.4 is 0 Å². The van der Waals surface area contributed by atoms with E-state index in [-0.39, 0.29) is 17.7 Å². The summed E-state index contributed by atoms with van der Waals surface area (Å²) in [5.41, 5.74) is 2.96. The predicted octanol–water partition coefficient (Wildman–Crippen LogP) is 5.28. The van der Waals surface area contributed by atoms with Crippen molar-refractivity contribution < 1.29 is 23.5 Å². The SMILES string of the molecule is COC(=O)c1ccccc1-c1ccc(/C=C2\SC(=O)N(Cc3ccc(C)cc3)C2=O)o1. The molecule has 0 aliphatic carbocycles. The molecule has 2 heterocycles. The van der Waals surface area contributed by atoms with Crippen LogP contribution in [-0.2, 0) is 16.1 Å². The molecule has 3 aromatic rings. The number of methoxy groups -OCH3 is 1. The predicted molar refractivity (Wildman–Crippen MR) is 118 cm³/mol. The number of esters is 1. The van der Waals surface area contributed by atoms with Crippen LogP contribution in [0, 0.1) is 6.92 Å². The molecule has 156 valence electrons. The van der Waals surface area contributed by atoms with E-state index in [2.05, 4.69) is 0 Å². The van der Waals surface area contributed by atoms with Crippen LogP contribution in [0.2, 0.25) is 0 Å². The quantitative estimate of drug-likeness (QED) is 0.403. The lowest BCUT2D eigenvalue weighted by Gasteiger charge is -2.12. The van der Waals surface area contributed by atoms with Crippen molar-refractivity contribution in [3.63, 3.8) is 0 Å². The summed E-state index contributed by atoms with van der Waals surface area (Å²) in [6, 6.07) is 18.0. The number of thioether (sulfide) groups is 1. The fourth-order valence-corrected chi connectivity index (χ4v) is 4.02. The zero-order chi connectivity index (χ0) is 22.0. The summed E-state index contributed by atoms with van der Waals surface area (Å²) >= 11 is 0.880. The molecule has 0 saturated carbocycles. The molecule has 0 atom stereocenters. The van der Waals surface area contributed by atoms with Crippen molar-refractivity contribution in [2.45, 2.75) is 13.5 Å². The first kappa shape index (κ1) is 20.7. The van der Waals surface area contributed by atoms with E-state index in [1.54, 1.807) is 42.5 Å². The van der Waals surface area contributed by atoms with Gasteiger partial charge in [-0.3, -0.25) is 14.5 Å². The van der Waals surface area contributed by atoms with E-state index in [1.165, 1.54) is 12.0 Å². The molecule has 31 heavy (non-hydrogen) atoms. The number of hydrogen-bond donors (Lipinski definition) is 0. The van der Waals surface area contributed by atoms with Crippen LogP contribution in [-0.4, -0.2) is 29.1 Å². The summed E-state index contributed by atoms with van der Waals surface area (Å²) in [6.07, 6.45) is 1.55. The minimum Gasteiger partial charge on any atom is -0.465 e. The lowest BCUT2D eigenvalue weighted by molar-refractivity contribution is -0.123. The molecule has 1 saturated heterocycles. The number of hydrogen-bond acceptors (Lipinski definition) is 6. The lowest BCUT2D eigenvalue weighted by Crippen LogP contribution is -2.27. The molecule has 1 aromatic heterocycles. The van der Waals surface area contributed by atoms with Crippen LogP contribution in [0.4, 0.5) is 4.79 Å². The number of benzene rings is 2. The monoisotopic (exact) mass is 433 g/mol. The molecule has 0 bridgehead atoms. The van der Waals surface area contributed by atoms with Gasteiger partial charge in [0.05, 0.1) is 24.1 Å². The summed E-state index contributed by atoms with van der Waals surface area (Å²) in [7, 11) is 1.32. The first-order chi connectivity index (χ1) is 15.0. The number of carbonyl (C=O) groups excluding carboxylic acids is 3. The van der Waals surface area contributed by atoms with Gasteiger partial charge in [-0.15, -0.1) is 0 Å². The molecular weight excluding hydrogens is 414 g/mol. The van der Waals surface area contributed by atoms with E-state index in [1.807, 2.05) is 31.2 Å². The third-order valence-electron chi connectivity index (χ3n) is 4.83. The van der Waals surface area contributed by atoms with E-state index in [0.717, 1.165) is 22.9 Å². The second-order valence-corrected chi connectivity index (χ2v) is 7.99. The van der Waals surface area contributed by atoms with Gasteiger partial charge in [0.15, 0.2) is 0 Å². The van der Waals surface area contributed by atoms with E-state index >= 15 is 0 Å². The maximum atomic E-state index is 12.8. The van der Waals surface area contributed by atoms with Crippen LogP contribution in [0.15, 0.2) is 70.0 Å². The fourth-order valence-electron chi connectivity index (χ4n) is 3.20. The maximum Gasteiger partial charge on any atom is 0.338 e. The summed E-state index contributed by atoms with van der Waals surface area (Å²) in [4.78, 5) is 38.7. The summed E-state index contributed by atoms with van der Waals surface area (Å²) in [5.74, 6) is 0.0518. The van der Waals surface area contributed by atoms with Crippen molar-refractivity contribution in [3.8, 4) is 11.3 Å². The Morgan fingerprint density at radius 2 is 1.81 bits per heavy atom. The Kier molecular flexibility index (Phi) is 5.77. The molecule has 2 aromatic carbocycles. The van der Waals surface area contributed by atoms with E-state index < -0.39 is 5.97 Å². The van der Waals surface area contributed by atoms with Gasteiger partial charge in [-0.2, -0.15) is 0 Å². The molecule has 0 N–H and O–H groups in total. The number of nitrogens with zero attached hydrogens (tertiary/aromatic N) is 1. The number of carbonyl (C=O) groups is 3. The molecule has 6 nitrogen and oxygen atoms in total. The number of imide groups is 1. The minimum absolute atomic E-state index is 0.220. The van der Waals surface area contributed by atoms with Gasteiger partial charge in [0.2, 0.25) is 0 Å². The molecule has 2 amide bonds. The normalized spacial score (nSPS) is 15.0. The Bertz CT molecular complexity index is 1190. The number of ether oxygens (including phenoxy) is 1. The summed E-state index contributed by atoms with van der Waals surface area (Å²) in [5, 5.41) is -0.320. The first-order valence-electron chi connectivity index (χ1n) is 9.54. The van der Waals surface area contributed by atoms with Crippen molar-refractivity contribution in [2.75, 3.05) is 7.11 Å². The van der Waals surface area contributed by atoms with Crippen molar-refractivity contribution in [1.82, 2.24) is 4.90 Å². The number of furan rings is 1. The number of rotatable bonds is 5. The standard InChI is InChI=1S/C24H19NO5S/c1-15-7-9-16(10-8-15)14-25-22(26)21(31-24(25)28)13-17-11-12-20(30-17)18-5-3-4-6-19(18)23(27)29-2/h3-13H,14H2,1-2H3/b21-13-. The van der Waals surface area contributed by atoms with Crippen LogP contribution in [0.5, 0.6) is 0 Å². The van der Waals surface area contributed by atoms with Crippen molar-refractivity contribution in [2.24, 2.45) is 0 Å². The Balaban J connectivity index is 1.56. The Labute approximate surface area is 183 Å². The van der Waals surface area contributed by atoms with Gasteiger partial charge >= 0.3 is 5.97 Å². The summed E-state index contributed by atoms with van der Waals surface area (Å²) in [6.45, 7) is 2.20. The second kappa shape index (κ2) is 8.65. The lowest BCUT2D eigenvalue weighted by atomic mass is 10.1. The zero-order valence-corrected chi connectivity index (χ0v) is 17.8. The highest BCUT2D eigenvalue weighted by molar-refractivity contribution is 8.18. The molecule has 4 rings (SSSR count). The highest BCUT2D eigenvalue weighted by Crippen LogP contribution is 2.34. The second-order valence-electron chi connectivity index (χ2n) is 6.99. The maximum absolute atomic E-state index is 12.8. The van der Waals surface area contributed by atoms with E-state index in [4.69, 9.17) is 9.15 Å². The molecule has 0 spiro atoms. The van der Waals surface area contributed by atoms with Crippen molar-refractivity contribution in [1.29, 1.82) is 0 Å². The van der Waals surface area contributed by atoms with Gasteiger partial charge in [-0.25, -0.2) is 4.79 Å². The third-order valence-corrected chi connectivity index (χ3v) is 5.74.